The molecule has 132 valence electrons. The fourth-order valence-corrected chi connectivity index (χ4v) is 3.00. The number of ether oxygens (including phenoxy) is 1. The van der Waals surface area contributed by atoms with Gasteiger partial charge in [-0.05, 0) is 35.9 Å². The molecule has 0 saturated heterocycles. The van der Waals surface area contributed by atoms with Gasteiger partial charge in [0.25, 0.3) is 0 Å². The summed E-state index contributed by atoms with van der Waals surface area (Å²) in [6.45, 7) is -2.91. The Morgan fingerprint density at radius 1 is 1.12 bits per heavy atom. The molecular weight excluding hydrogens is 362 g/mol. The van der Waals surface area contributed by atoms with Crippen LogP contribution in [-0.4, -0.2) is 21.4 Å². The van der Waals surface area contributed by atoms with Crippen LogP contribution in [0.4, 0.5) is 14.7 Å². The number of hydrogen-bond acceptors (Lipinski definition) is 4. The van der Waals surface area contributed by atoms with E-state index in [4.69, 9.17) is 11.6 Å². The van der Waals surface area contributed by atoms with Crippen LogP contribution in [0.25, 0.3) is 5.70 Å². The van der Waals surface area contributed by atoms with Crippen LogP contribution < -0.4 is 10.1 Å². The van der Waals surface area contributed by atoms with Crippen LogP contribution in [0.3, 0.4) is 0 Å². The van der Waals surface area contributed by atoms with Gasteiger partial charge in [0.15, 0.2) is 0 Å². The van der Waals surface area contributed by atoms with Gasteiger partial charge in [-0.3, -0.25) is 0 Å². The van der Waals surface area contributed by atoms with E-state index in [1.807, 2.05) is 18.2 Å². The maximum atomic E-state index is 12.7. The number of rotatable bonds is 4. The molecule has 0 radical (unpaired) electrons. The van der Waals surface area contributed by atoms with Gasteiger partial charge in [0, 0.05) is 10.6 Å². The summed E-state index contributed by atoms with van der Waals surface area (Å²) in [6, 6.07) is 13.7. The molecule has 0 bridgehead atoms. The fourth-order valence-electron chi connectivity index (χ4n) is 2.88. The Balaban J connectivity index is 1.79. The van der Waals surface area contributed by atoms with Crippen LogP contribution in [0, 0.1) is 0 Å². The number of halogens is 3. The maximum absolute atomic E-state index is 12.7. The molecule has 5 nitrogen and oxygen atoms in total. The monoisotopic (exact) mass is 374 g/mol. The summed E-state index contributed by atoms with van der Waals surface area (Å²) in [6.07, 6.45) is 3.32. The molecule has 4 rings (SSSR count). The van der Waals surface area contributed by atoms with Crippen molar-refractivity contribution in [1.82, 2.24) is 14.8 Å². The lowest BCUT2D eigenvalue weighted by molar-refractivity contribution is -0.0500. The number of nitrogens with zero attached hydrogens (tertiary/aromatic N) is 3. The van der Waals surface area contributed by atoms with Crippen LogP contribution >= 0.6 is 11.6 Å². The van der Waals surface area contributed by atoms with Crippen molar-refractivity contribution in [2.45, 2.75) is 12.7 Å². The number of benzene rings is 2. The minimum absolute atomic E-state index is 0.0871. The van der Waals surface area contributed by atoms with Crippen molar-refractivity contribution in [3.8, 4) is 5.75 Å². The Labute approximate surface area is 152 Å². The standard InChI is InChI=1S/C18H13ClF2N4O/c19-12-7-5-11(6-8-12)15-9-14(24-18-22-10-23-25(15)18)13-3-1-2-4-16(13)26-17(20)21/h1-10,15,17H,(H,22,23,24)/t15-/m1/s1. The Morgan fingerprint density at radius 3 is 2.65 bits per heavy atom. The minimum Gasteiger partial charge on any atom is -0.434 e. The summed E-state index contributed by atoms with van der Waals surface area (Å²) in [5.41, 5.74) is 2.06. The smallest absolute Gasteiger partial charge is 0.387 e. The molecule has 0 unspecified atom stereocenters. The number of anilines is 1. The predicted molar refractivity (Wildman–Crippen MR) is 94.3 cm³/mol. The van der Waals surface area contributed by atoms with Crippen LogP contribution in [0.5, 0.6) is 5.75 Å². The van der Waals surface area contributed by atoms with Crippen molar-refractivity contribution in [3.05, 3.63) is 77.1 Å². The van der Waals surface area contributed by atoms with Crippen LogP contribution in [0.2, 0.25) is 5.02 Å². The van der Waals surface area contributed by atoms with Gasteiger partial charge in [-0.15, -0.1) is 0 Å². The third-order valence-corrected chi connectivity index (χ3v) is 4.26. The molecule has 0 spiro atoms. The number of aromatic nitrogens is 3. The number of allylic oxidation sites excluding steroid dienone is 1. The summed E-state index contributed by atoms with van der Waals surface area (Å²) >= 11 is 5.97. The molecule has 3 aromatic rings. The van der Waals surface area contributed by atoms with Crippen molar-refractivity contribution >= 4 is 23.2 Å². The zero-order chi connectivity index (χ0) is 18.1. The second kappa shape index (κ2) is 6.76. The van der Waals surface area contributed by atoms with Crippen LogP contribution in [-0.2, 0) is 0 Å². The van der Waals surface area contributed by atoms with E-state index < -0.39 is 6.61 Å². The number of para-hydroxylation sites is 1. The zero-order valence-electron chi connectivity index (χ0n) is 13.3. The van der Waals surface area contributed by atoms with Crippen LogP contribution in [0.1, 0.15) is 17.2 Å². The molecule has 8 heteroatoms. The third-order valence-electron chi connectivity index (χ3n) is 4.01. The van der Waals surface area contributed by atoms with Gasteiger partial charge in [0.1, 0.15) is 18.1 Å². The fraction of sp³-hybridized carbons (Fsp3) is 0.111. The topological polar surface area (TPSA) is 52.0 Å². The first-order valence-corrected chi connectivity index (χ1v) is 8.17. The van der Waals surface area contributed by atoms with E-state index in [1.54, 1.807) is 35.0 Å². The summed E-state index contributed by atoms with van der Waals surface area (Å²) in [5.74, 6) is 0.596. The third kappa shape index (κ3) is 3.13. The van der Waals surface area contributed by atoms with Gasteiger partial charge in [0.05, 0.1) is 5.70 Å². The Morgan fingerprint density at radius 2 is 1.88 bits per heavy atom. The van der Waals surface area contributed by atoms with E-state index in [0.717, 1.165) is 5.56 Å². The zero-order valence-corrected chi connectivity index (χ0v) is 14.1. The van der Waals surface area contributed by atoms with E-state index in [-0.39, 0.29) is 11.8 Å². The van der Waals surface area contributed by atoms with Crippen molar-refractivity contribution in [3.63, 3.8) is 0 Å². The van der Waals surface area contributed by atoms with Crippen molar-refractivity contribution < 1.29 is 13.5 Å². The first kappa shape index (κ1) is 16.5. The SMILES string of the molecule is FC(F)Oc1ccccc1C1=C[C@H](c2ccc(Cl)cc2)n2ncnc2N1. The van der Waals surface area contributed by atoms with Gasteiger partial charge in [0.2, 0.25) is 5.95 Å². The molecule has 0 fully saturated rings. The highest BCUT2D eigenvalue weighted by atomic mass is 35.5. The summed E-state index contributed by atoms with van der Waals surface area (Å²) in [5, 5.41) is 7.99. The lowest BCUT2D eigenvalue weighted by atomic mass is 10.0. The molecular formula is C18H13ClF2N4O. The van der Waals surface area contributed by atoms with E-state index in [0.29, 0.717) is 22.2 Å². The Hall–Kier alpha value is -2.93. The summed E-state index contributed by atoms with van der Waals surface area (Å²) in [4.78, 5) is 4.20. The number of alkyl halides is 2. The lowest BCUT2D eigenvalue weighted by Gasteiger charge is -2.25. The second-order valence-corrected chi connectivity index (χ2v) is 6.04. The highest BCUT2D eigenvalue weighted by molar-refractivity contribution is 6.30. The normalized spacial score (nSPS) is 16.0. The molecule has 2 aromatic carbocycles. The summed E-state index contributed by atoms with van der Waals surface area (Å²) in [7, 11) is 0. The molecule has 1 N–H and O–H groups in total. The summed E-state index contributed by atoms with van der Waals surface area (Å²) < 4.78 is 31.8. The van der Waals surface area contributed by atoms with Gasteiger partial charge >= 0.3 is 6.61 Å². The van der Waals surface area contributed by atoms with Crippen molar-refractivity contribution in [1.29, 1.82) is 0 Å². The first-order chi connectivity index (χ1) is 12.6. The Kier molecular flexibility index (Phi) is 4.30. The van der Waals surface area contributed by atoms with E-state index in [1.165, 1.54) is 12.4 Å². The number of nitrogens with one attached hydrogen (secondary N) is 1. The quantitative estimate of drug-likeness (QED) is 0.725. The largest absolute Gasteiger partial charge is 0.434 e. The molecule has 0 aliphatic carbocycles. The van der Waals surface area contributed by atoms with Gasteiger partial charge in [-0.2, -0.15) is 18.9 Å². The molecule has 1 aromatic heterocycles. The highest BCUT2D eigenvalue weighted by Gasteiger charge is 2.25. The van der Waals surface area contributed by atoms with E-state index in [2.05, 4.69) is 20.1 Å². The molecule has 1 aliphatic rings. The number of fused-ring (bicyclic) bond motifs is 1. The molecule has 2 heterocycles. The van der Waals surface area contributed by atoms with Crippen molar-refractivity contribution in [2.24, 2.45) is 0 Å². The molecule has 1 aliphatic heterocycles. The highest BCUT2D eigenvalue weighted by Crippen LogP contribution is 2.35. The van der Waals surface area contributed by atoms with Gasteiger partial charge in [-0.25, -0.2) is 4.68 Å². The Bertz CT molecular complexity index is 956. The molecule has 0 saturated carbocycles. The average Bonchev–Trinajstić information content (AvgIpc) is 3.10. The predicted octanol–water partition coefficient (Wildman–Crippen LogP) is 4.59. The average molecular weight is 375 g/mol. The van der Waals surface area contributed by atoms with Gasteiger partial charge < -0.3 is 10.1 Å². The maximum Gasteiger partial charge on any atom is 0.387 e. The minimum atomic E-state index is -2.91. The first-order valence-electron chi connectivity index (χ1n) is 7.80. The number of hydrogen-bond donors (Lipinski definition) is 1. The van der Waals surface area contributed by atoms with Gasteiger partial charge in [-0.1, -0.05) is 35.9 Å². The molecule has 1 atom stereocenters. The lowest BCUT2D eigenvalue weighted by Crippen LogP contribution is -2.20. The molecule has 0 amide bonds. The second-order valence-electron chi connectivity index (χ2n) is 5.60. The van der Waals surface area contributed by atoms with Crippen LogP contribution in [0.15, 0.2) is 60.9 Å². The van der Waals surface area contributed by atoms with E-state index in [9.17, 15) is 8.78 Å². The van der Waals surface area contributed by atoms with E-state index >= 15 is 0 Å². The molecule has 26 heavy (non-hydrogen) atoms. The van der Waals surface area contributed by atoms with Crippen molar-refractivity contribution in [2.75, 3.05) is 5.32 Å².